The molecule has 1 saturated heterocycles. The lowest BCUT2D eigenvalue weighted by molar-refractivity contribution is 0.642. The molecule has 3 aromatic rings. The largest absolute Gasteiger partial charge is 0.353 e. The van der Waals surface area contributed by atoms with Crippen LogP contribution < -0.4 is 9.80 Å². The van der Waals surface area contributed by atoms with E-state index < -0.39 is 0 Å². The zero-order valence-electron chi connectivity index (χ0n) is 12.7. The maximum Gasteiger partial charge on any atom is 0.139 e. The number of hydrogen-bond donors (Lipinski definition) is 0. The Kier molecular flexibility index (Phi) is 3.75. The number of halogens is 1. The van der Waals surface area contributed by atoms with Gasteiger partial charge in [0.15, 0.2) is 0 Å². The fourth-order valence-corrected chi connectivity index (χ4v) is 3.27. The molecular weight excluding hydrogens is 308 g/mol. The molecule has 0 atom stereocenters. The minimum absolute atomic E-state index is 0.574. The van der Waals surface area contributed by atoms with E-state index in [-0.39, 0.29) is 0 Å². The fraction of sp³-hybridized carbons (Fsp3) is 0.222. The highest BCUT2D eigenvalue weighted by Crippen LogP contribution is 2.27. The summed E-state index contributed by atoms with van der Waals surface area (Å²) >= 11 is 6.35. The molecule has 0 bridgehead atoms. The Labute approximate surface area is 140 Å². The molecule has 116 valence electrons. The number of hydrogen-bond acceptors (Lipinski definition) is 4. The van der Waals surface area contributed by atoms with E-state index in [1.54, 1.807) is 0 Å². The first-order valence-electron chi connectivity index (χ1n) is 7.77. The number of benzene rings is 1. The first-order valence-corrected chi connectivity index (χ1v) is 8.15. The summed E-state index contributed by atoms with van der Waals surface area (Å²) < 4.78 is 0. The van der Waals surface area contributed by atoms with E-state index in [2.05, 4.69) is 38.0 Å². The first-order chi connectivity index (χ1) is 11.3. The summed E-state index contributed by atoms with van der Waals surface area (Å²) in [5.74, 6) is 1.99. The summed E-state index contributed by atoms with van der Waals surface area (Å²) in [6.07, 6.45) is 1.84. The third-order valence-corrected chi connectivity index (χ3v) is 4.55. The maximum atomic E-state index is 6.35. The molecule has 1 aromatic carbocycles. The van der Waals surface area contributed by atoms with Crippen LogP contribution in [0.4, 0.5) is 11.6 Å². The topological polar surface area (TPSA) is 32.3 Å². The average Bonchev–Trinajstić information content (AvgIpc) is 2.63. The highest BCUT2D eigenvalue weighted by molar-refractivity contribution is 6.34. The molecule has 0 saturated carbocycles. The Morgan fingerprint density at radius 3 is 2.26 bits per heavy atom. The van der Waals surface area contributed by atoms with Gasteiger partial charge in [0.05, 0.1) is 0 Å². The van der Waals surface area contributed by atoms with Crippen molar-refractivity contribution in [2.24, 2.45) is 0 Å². The summed E-state index contributed by atoms with van der Waals surface area (Å²) in [4.78, 5) is 13.6. The van der Waals surface area contributed by atoms with E-state index in [9.17, 15) is 0 Å². The summed E-state index contributed by atoms with van der Waals surface area (Å²) in [5, 5.41) is 2.71. The van der Waals surface area contributed by atoms with Crippen LogP contribution in [0.5, 0.6) is 0 Å². The number of anilines is 2. The van der Waals surface area contributed by atoms with E-state index in [1.807, 2.05) is 36.5 Å². The van der Waals surface area contributed by atoms with Gasteiger partial charge in [0.25, 0.3) is 0 Å². The highest BCUT2D eigenvalue weighted by Gasteiger charge is 2.19. The van der Waals surface area contributed by atoms with Gasteiger partial charge in [-0.1, -0.05) is 41.9 Å². The number of piperazine rings is 1. The average molecular weight is 325 g/mol. The predicted octanol–water partition coefficient (Wildman–Crippen LogP) is 3.61. The Morgan fingerprint density at radius 1 is 0.826 bits per heavy atom. The molecule has 0 N–H and O–H groups in total. The van der Waals surface area contributed by atoms with Crippen LogP contribution in [0.3, 0.4) is 0 Å². The number of nitrogens with zero attached hydrogens (tertiary/aromatic N) is 4. The lowest BCUT2D eigenvalue weighted by Crippen LogP contribution is -2.47. The molecule has 1 fully saturated rings. The van der Waals surface area contributed by atoms with Gasteiger partial charge in [-0.15, -0.1) is 0 Å². The molecule has 0 radical (unpaired) electrons. The number of aromatic nitrogens is 2. The van der Waals surface area contributed by atoms with E-state index in [4.69, 9.17) is 11.6 Å². The minimum atomic E-state index is 0.574. The Bertz CT molecular complexity index is 814. The molecule has 4 nitrogen and oxygen atoms in total. The lowest BCUT2D eigenvalue weighted by atomic mass is 10.1. The number of rotatable bonds is 2. The van der Waals surface area contributed by atoms with Crippen molar-refractivity contribution in [3.05, 3.63) is 59.9 Å². The van der Waals surface area contributed by atoms with Crippen molar-refractivity contribution in [1.82, 2.24) is 9.97 Å². The van der Waals surface area contributed by atoms with Gasteiger partial charge in [0.1, 0.15) is 16.8 Å². The van der Waals surface area contributed by atoms with E-state index >= 15 is 0 Å². The quantitative estimate of drug-likeness (QED) is 0.674. The smallest absolute Gasteiger partial charge is 0.139 e. The molecular formula is C18H17ClN4. The Morgan fingerprint density at radius 2 is 1.52 bits per heavy atom. The van der Waals surface area contributed by atoms with Gasteiger partial charge in [0.2, 0.25) is 0 Å². The monoisotopic (exact) mass is 324 g/mol. The van der Waals surface area contributed by atoms with Crippen molar-refractivity contribution in [3.8, 4) is 0 Å². The lowest BCUT2D eigenvalue weighted by Gasteiger charge is -2.36. The molecule has 1 aliphatic heterocycles. The summed E-state index contributed by atoms with van der Waals surface area (Å²) in [5.41, 5.74) is 0. The van der Waals surface area contributed by atoms with E-state index in [0.29, 0.717) is 5.15 Å². The van der Waals surface area contributed by atoms with Gasteiger partial charge in [-0.2, -0.15) is 0 Å². The fourth-order valence-electron chi connectivity index (χ4n) is 3.01. The van der Waals surface area contributed by atoms with Crippen LogP contribution >= 0.6 is 11.6 Å². The second-order valence-electron chi connectivity index (χ2n) is 5.65. The molecule has 0 aliphatic carbocycles. The van der Waals surface area contributed by atoms with Gasteiger partial charge in [0, 0.05) is 37.8 Å². The van der Waals surface area contributed by atoms with Gasteiger partial charge >= 0.3 is 0 Å². The third kappa shape index (κ3) is 2.82. The summed E-state index contributed by atoms with van der Waals surface area (Å²) in [6.45, 7) is 3.70. The van der Waals surface area contributed by atoms with Crippen molar-refractivity contribution in [1.29, 1.82) is 0 Å². The van der Waals surface area contributed by atoms with Crippen LogP contribution in [0.1, 0.15) is 0 Å². The number of pyridine rings is 2. The van der Waals surface area contributed by atoms with Crippen LogP contribution in [-0.4, -0.2) is 36.1 Å². The predicted molar refractivity (Wildman–Crippen MR) is 95.4 cm³/mol. The van der Waals surface area contributed by atoms with Gasteiger partial charge in [-0.05, 0) is 23.6 Å². The normalized spacial score (nSPS) is 15.2. The van der Waals surface area contributed by atoms with Crippen LogP contribution in [0, 0.1) is 0 Å². The number of fused-ring (bicyclic) bond motifs is 1. The van der Waals surface area contributed by atoms with Gasteiger partial charge in [-0.3, -0.25) is 0 Å². The summed E-state index contributed by atoms with van der Waals surface area (Å²) in [7, 11) is 0. The molecule has 4 rings (SSSR count). The maximum absolute atomic E-state index is 6.35. The molecule has 0 unspecified atom stereocenters. The van der Waals surface area contributed by atoms with Crippen molar-refractivity contribution < 1.29 is 0 Å². The Hall–Kier alpha value is -2.33. The molecule has 0 amide bonds. The molecule has 0 spiro atoms. The summed E-state index contributed by atoms with van der Waals surface area (Å²) in [6, 6.07) is 16.3. The molecule has 5 heteroatoms. The van der Waals surface area contributed by atoms with Crippen LogP contribution in [0.25, 0.3) is 10.8 Å². The molecule has 23 heavy (non-hydrogen) atoms. The molecule has 1 aliphatic rings. The minimum Gasteiger partial charge on any atom is -0.353 e. The van der Waals surface area contributed by atoms with Crippen LogP contribution in [0.15, 0.2) is 54.7 Å². The van der Waals surface area contributed by atoms with Gasteiger partial charge in [-0.25, -0.2) is 9.97 Å². The second-order valence-corrected chi connectivity index (χ2v) is 6.01. The third-order valence-electron chi connectivity index (χ3n) is 4.26. The van der Waals surface area contributed by atoms with Crippen molar-refractivity contribution in [3.63, 3.8) is 0 Å². The van der Waals surface area contributed by atoms with Crippen molar-refractivity contribution in [2.45, 2.75) is 0 Å². The second kappa shape index (κ2) is 6.05. The molecule has 2 aromatic heterocycles. The van der Waals surface area contributed by atoms with Crippen molar-refractivity contribution in [2.75, 3.05) is 36.0 Å². The standard InChI is InChI=1S/C18H17ClN4/c19-18-15-6-2-1-5-14(15)13-17(21-18)23-11-9-22(10-12-23)16-7-3-4-8-20-16/h1-8,13H,9-12H2. The van der Waals surface area contributed by atoms with E-state index in [0.717, 1.165) is 48.6 Å². The van der Waals surface area contributed by atoms with Gasteiger partial charge < -0.3 is 9.80 Å². The molecule has 3 heterocycles. The highest BCUT2D eigenvalue weighted by atomic mass is 35.5. The zero-order valence-corrected chi connectivity index (χ0v) is 13.4. The van der Waals surface area contributed by atoms with E-state index in [1.165, 1.54) is 0 Å². The Balaban J connectivity index is 1.54. The van der Waals surface area contributed by atoms with Crippen LogP contribution in [0.2, 0.25) is 5.15 Å². The van der Waals surface area contributed by atoms with Crippen LogP contribution in [-0.2, 0) is 0 Å². The van der Waals surface area contributed by atoms with Crippen molar-refractivity contribution >= 4 is 34.0 Å². The first kappa shape index (κ1) is 14.3. The SMILES string of the molecule is Clc1nc(N2CCN(c3ccccn3)CC2)cc2ccccc12. The zero-order chi connectivity index (χ0) is 15.6.